The molecule has 0 N–H and O–H groups in total. The van der Waals surface area contributed by atoms with E-state index >= 15 is 0 Å². The fourth-order valence-electron chi connectivity index (χ4n) is 3.62. The number of alkyl halides is 3. The second-order valence-corrected chi connectivity index (χ2v) is 8.89. The van der Waals surface area contributed by atoms with Crippen LogP contribution in [-0.2, 0) is 10.9 Å². The van der Waals surface area contributed by atoms with Gasteiger partial charge in [0.25, 0.3) is 0 Å². The minimum atomic E-state index is -4.78. The van der Waals surface area contributed by atoms with Crippen LogP contribution < -0.4 is 4.90 Å². The number of anilines is 1. The number of hydrogen-bond acceptors (Lipinski definition) is 4. The minimum absolute atomic E-state index is 0.0420. The molecule has 0 radical (unpaired) electrons. The van der Waals surface area contributed by atoms with Crippen molar-refractivity contribution < 1.29 is 27.1 Å². The number of rotatable bonds is 4. The van der Waals surface area contributed by atoms with Crippen LogP contribution in [0.3, 0.4) is 0 Å². The number of hydrogen-bond donors (Lipinski definition) is 0. The predicted octanol–water partition coefficient (Wildman–Crippen LogP) is 5.76. The van der Waals surface area contributed by atoms with Crippen molar-refractivity contribution in [2.24, 2.45) is 11.3 Å². The number of allylic oxidation sites excluding steroid dienone is 4. The van der Waals surface area contributed by atoms with Crippen molar-refractivity contribution in [2.45, 2.75) is 58.7 Å². The predicted molar refractivity (Wildman–Crippen MR) is 103 cm³/mol. The summed E-state index contributed by atoms with van der Waals surface area (Å²) >= 11 is 0. The fourth-order valence-corrected chi connectivity index (χ4v) is 3.62. The Morgan fingerprint density at radius 3 is 2.50 bits per heavy atom. The first kappa shape index (κ1) is 22.2. The van der Waals surface area contributed by atoms with Gasteiger partial charge in [-0.2, -0.15) is 13.2 Å². The number of nitrogens with zero attached hydrogens (tertiary/aromatic N) is 3. The topological polar surface area (TPSA) is 55.3 Å². The van der Waals surface area contributed by atoms with Gasteiger partial charge in [0.2, 0.25) is 0 Å². The van der Waals surface area contributed by atoms with E-state index in [2.05, 4.69) is 9.97 Å². The third-order valence-corrected chi connectivity index (χ3v) is 5.25. The zero-order valence-electron chi connectivity index (χ0n) is 17.4. The van der Waals surface area contributed by atoms with Crippen molar-refractivity contribution in [2.75, 3.05) is 11.4 Å². The van der Waals surface area contributed by atoms with E-state index in [1.807, 2.05) is 6.08 Å². The zero-order valence-corrected chi connectivity index (χ0v) is 17.4. The lowest BCUT2D eigenvalue weighted by Crippen LogP contribution is -2.43. The molecule has 5 nitrogen and oxygen atoms in total. The molecule has 30 heavy (non-hydrogen) atoms. The summed E-state index contributed by atoms with van der Waals surface area (Å²) in [4.78, 5) is 21.4. The summed E-state index contributed by atoms with van der Waals surface area (Å²) in [5.41, 5.74) is -3.08. The van der Waals surface area contributed by atoms with E-state index in [4.69, 9.17) is 4.74 Å². The molecule has 3 rings (SSSR count). The first-order chi connectivity index (χ1) is 13.8. The monoisotopic (exact) mass is 427 g/mol. The molecule has 2 aliphatic rings. The average molecular weight is 427 g/mol. The summed E-state index contributed by atoms with van der Waals surface area (Å²) in [6.07, 6.45) is 1.63. The average Bonchev–Trinajstić information content (AvgIpc) is 3.39. The maximum Gasteiger partial charge on any atom is 0.435 e. The third-order valence-electron chi connectivity index (χ3n) is 5.25. The van der Waals surface area contributed by atoms with Gasteiger partial charge in [0, 0.05) is 13.0 Å². The molecule has 1 unspecified atom stereocenters. The molecule has 1 aromatic rings. The van der Waals surface area contributed by atoms with Gasteiger partial charge in [-0.25, -0.2) is 19.2 Å². The van der Waals surface area contributed by atoms with Gasteiger partial charge in [0.05, 0.1) is 11.9 Å². The summed E-state index contributed by atoms with van der Waals surface area (Å²) in [6, 6.07) is 0. The Morgan fingerprint density at radius 1 is 1.30 bits per heavy atom. The molecule has 1 atom stereocenters. The van der Waals surface area contributed by atoms with E-state index in [-0.39, 0.29) is 30.5 Å². The highest BCUT2D eigenvalue weighted by Gasteiger charge is 2.52. The van der Waals surface area contributed by atoms with Crippen LogP contribution in [0.1, 0.15) is 51.6 Å². The number of aromatic nitrogens is 2. The van der Waals surface area contributed by atoms with Crippen molar-refractivity contribution in [1.29, 1.82) is 0 Å². The molecule has 0 aromatic carbocycles. The molecule has 2 aliphatic carbocycles. The molecule has 164 valence electrons. The van der Waals surface area contributed by atoms with Crippen molar-refractivity contribution in [1.82, 2.24) is 9.97 Å². The SMILES string of the molecule is Cc1ncc(N(CC2(C3C=CC=C(F)C3)CC2)C(=O)OC(C)(C)C)c(C(F)(F)F)n1. The molecular weight excluding hydrogens is 402 g/mol. The van der Waals surface area contributed by atoms with Crippen LogP contribution in [-0.4, -0.2) is 28.2 Å². The van der Waals surface area contributed by atoms with E-state index in [1.54, 1.807) is 26.8 Å². The van der Waals surface area contributed by atoms with Crippen molar-refractivity contribution >= 4 is 11.8 Å². The molecule has 1 saturated carbocycles. The van der Waals surface area contributed by atoms with Gasteiger partial charge in [-0.1, -0.05) is 12.2 Å². The van der Waals surface area contributed by atoms with E-state index in [1.165, 1.54) is 13.0 Å². The largest absolute Gasteiger partial charge is 0.443 e. The van der Waals surface area contributed by atoms with Gasteiger partial charge in [-0.05, 0) is 57.9 Å². The van der Waals surface area contributed by atoms with Crippen LogP contribution in [0.5, 0.6) is 0 Å². The van der Waals surface area contributed by atoms with E-state index in [9.17, 15) is 22.4 Å². The standard InChI is InChI=1S/C21H25F4N3O2/c1-13-26-11-16(17(27-13)21(23,24)25)28(18(29)30-19(2,3)4)12-20(8-9-20)14-6-5-7-15(22)10-14/h5-7,11,14H,8-10,12H2,1-4H3. The maximum atomic E-state index is 13.8. The number of halogens is 4. The Bertz CT molecular complexity index is 883. The van der Waals surface area contributed by atoms with Crippen LogP contribution in [0.25, 0.3) is 0 Å². The summed E-state index contributed by atoms with van der Waals surface area (Å²) in [6.45, 7) is 6.21. The molecule has 0 bridgehead atoms. The fraction of sp³-hybridized carbons (Fsp3) is 0.571. The molecule has 0 aliphatic heterocycles. The molecule has 1 heterocycles. The summed E-state index contributed by atoms with van der Waals surface area (Å²) in [5, 5.41) is 0. The molecule has 0 spiro atoms. The number of aryl methyl sites for hydroxylation is 1. The molecular formula is C21H25F4N3O2. The Balaban J connectivity index is 2.00. The zero-order chi connectivity index (χ0) is 22.3. The molecule has 1 fully saturated rings. The number of ether oxygens (including phenoxy) is 1. The van der Waals surface area contributed by atoms with Gasteiger partial charge < -0.3 is 4.74 Å². The van der Waals surface area contributed by atoms with Gasteiger partial charge >= 0.3 is 12.3 Å². The number of carbonyl (C=O) groups excluding carboxylic acids is 1. The highest BCUT2D eigenvalue weighted by Crippen LogP contribution is 2.56. The molecule has 0 saturated heterocycles. The lowest BCUT2D eigenvalue weighted by molar-refractivity contribution is -0.140. The maximum absolute atomic E-state index is 13.8. The summed E-state index contributed by atoms with van der Waals surface area (Å²) < 4.78 is 60.4. The highest BCUT2D eigenvalue weighted by atomic mass is 19.4. The normalized spacial score (nSPS) is 20.5. The Labute approximate surface area is 172 Å². The van der Waals surface area contributed by atoms with Crippen LogP contribution in [0.15, 0.2) is 30.3 Å². The van der Waals surface area contributed by atoms with Crippen molar-refractivity contribution in [3.05, 3.63) is 41.8 Å². The first-order valence-corrected chi connectivity index (χ1v) is 9.75. The van der Waals surface area contributed by atoms with Gasteiger partial charge in [-0.15, -0.1) is 0 Å². The minimum Gasteiger partial charge on any atom is -0.443 e. The second kappa shape index (κ2) is 7.67. The van der Waals surface area contributed by atoms with Crippen LogP contribution in [0.2, 0.25) is 0 Å². The number of amides is 1. The molecule has 1 aromatic heterocycles. The Kier molecular flexibility index (Phi) is 5.68. The van der Waals surface area contributed by atoms with Gasteiger partial charge in [0.1, 0.15) is 17.3 Å². The summed E-state index contributed by atoms with van der Waals surface area (Å²) in [7, 11) is 0. The van der Waals surface area contributed by atoms with Gasteiger partial charge in [-0.3, -0.25) is 4.90 Å². The van der Waals surface area contributed by atoms with Crippen molar-refractivity contribution in [3.63, 3.8) is 0 Å². The van der Waals surface area contributed by atoms with Crippen LogP contribution in [0, 0.1) is 18.3 Å². The van der Waals surface area contributed by atoms with Gasteiger partial charge in [0.15, 0.2) is 5.69 Å². The van der Waals surface area contributed by atoms with Crippen LogP contribution >= 0.6 is 0 Å². The smallest absolute Gasteiger partial charge is 0.435 e. The van der Waals surface area contributed by atoms with Crippen LogP contribution in [0.4, 0.5) is 28.0 Å². The van der Waals surface area contributed by atoms with Crippen molar-refractivity contribution in [3.8, 4) is 0 Å². The lowest BCUT2D eigenvalue weighted by Gasteiger charge is -2.34. The quantitative estimate of drug-likeness (QED) is 0.574. The van der Waals surface area contributed by atoms with E-state index in [0.717, 1.165) is 11.1 Å². The molecule has 1 amide bonds. The Morgan fingerprint density at radius 2 is 1.97 bits per heavy atom. The highest BCUT2D eigenvalue weighted by molar-refractivity contribution is 5.88. The Hall–Kier alpha value is -2.45. The summed E-state index contributed by atoms with van der Waals surface area (Å²) in [5.74, 6) is -0.556. The molecule has 9 heteroatoms. The number of carbonyl (C=O) groups is 1. The van der Waals surface area contributed by atoms with E-state index in [0.29, 0.717) is 12.8 Å². The lowest BCUT2D eigenvalue weighted by atomic mass is 9.83. The first-order valence-electron chi connectivity index (χ1n) is 9.75. The second-order valence-electron chi connectivity index (χ2n) is 8.89. The third kappa shape index (κ3) is 4.99. The van der Waals surface area contributed by atoms with E-state index < -0.39 is 34.7 Å².